The highest BCUT2D eigenvalue weighted by Crippen LogP contribution is 2.37. The molecule has 4 fully saturated rings. The zero-order chi connectivity index (χ0) is 58.0. The summed E-state index contributed by atoms with van der Waals surface area (Å²) in [6.07, 6.45) is 7.70. The Morgan fingerprint density at radius 3 is 1.42 bits per heavy atom. The number of nitrogens with zero attached hydrogens (tertiary/aromatic N) is 12. The number of pyridine rings is 6. The van der Waals surface area contributed by atoms with Crippen LogP contribution in [0.4, 0.5) is 30.6 Å². The molecule has 83 heavy (non-hydrogen) atoms. The predicted octanol–water partition coefficient (Wildman–Crippen LogP) is 8.82. The van der Waals surface area contributed by atoms with Gasteiger partial charge >= 0.3 is 0 Å². The molecule has 0 aromatic carbocycles. The number of fused-ring (bicyclic) bond motifs is 3. The smallest absolute Gasteiger partial charge is 0.181 e. The Balaban J connectivity index is 0.000000165. The molecule has 3 saturated heterocycles. The summed E-state index contributed by atoms with van der Waals surface area (Å²) < 4.78 is 49.7. The number of ether oxygens (including phenoxy) is 1. The van der Waals surface area contributed by atoms with Crippen molar-refractivity contribution >= 4 is 50.6 Å². The van der Waals surface area contributed by atoms with E-state index in [4.69, 9.17) is 4.74 Å². The monoisotopic (exact) mass is 1140 g/mol. The lowest BCUT2D eigenvalue weighted by atomic mass is 9.74. The lowest BCUT2D eigenvalue weighted by Gasteiger charge is -2.48. The third kappa shape index (κ3) is 11.7. The van der Waals surface area contributed by atoms with Crippen LogP contribution in [-0.2, 0) is 4.74 Å². The molecule has 442 valence electrons. The van der Waals surface area contributed by atoms with Gasteiger partial charge in [-0.25, -0.2) is 43.1 Å². The van der Waals surface area contributed by atoms with Gasteiger partial charge < -0.3 is 40.5 Å². The molecule has 12 heterocycles. The number of halogens is 3. The van der Waals surface area contributed by atoms with Crippen molar-refractivity contribution in [3.05, 3.63) is 109 Å². The summed E-state index contributed by atoms with van der Waals surface area (Å²) in [6.45, 7) is 20.3. The second-order valence-electron chi connectivity index (χ2n) is 22.9. The number of aromatic amines is 3. The molecule has 20 nitrogen and oxygen atoms in total. The fourth-order valence-corrected chi connectivity index (χ4v) is 11.6. The van der Waals surface area contributed by atoms with Gasteiger partial charge in [0.25, 0.3) is 0 Å². The SMILES string of the molecule is CC(C)C(C)C1CN(c2ccc(F)c(-c3[nH]nc4ncccc34)n2)CCN1.COC(C)(C(C)C)C1CN(c2ccc(F)c(-c3[nH]nc4ncccc34)n2)CCN1.OC1(C2CN(c3ccc(F)c(-c4[nH]nc5ncccc45)n3)CCN2)CCC1.[HH].[HH].[HH]. The van der Waals surface area contributed by atoms with Gasteiger partial charge in [-0.15, -0.1) is 0 Å². The van der Waals surface area contributed by atoms with E-state index in [0.29, 0.717) is 70.2 Å². The first-order valence-electron chi connectivity index (χ1n) is 28.7. The number of hydrogen-bond donors (Lipinski definition) is 7. The Labute approximate surface area is 484 Å². The molecule has 5 atom stereocenters. The van der Waals surface area contributed by atoms with Crippen LogP contribution in [0.1, 0.15) is 65.1 Å². The number of H-pyrrole nitrogens is 3. The van der Waals surface area contributed by atoms with Gasteiger partial charge in [-0.1, -0.05) is 34.6 Å². The van der Waals surface area contributed by atoms with E-state index >= 15 is 0 Å². The molecule has 0 amide bonds. The van der Waals surface area contributed by atoms with E-state index in [-0.39, 0.29) is 44.9 Å². The zero-order valence-electron chi connectivity index (χ0n) is 48.0. The molecule has 0 bridgehead atoms. The lowest BCUT2D eigenvalue weighted by Crippen LogP contribution is -2.64. The second kappa shape index (κ2) is 24.3. The normalized spacial score (nSPS) is 20.2. The maximum absolute atomic E-state index is 14.7. The highest BCUT2D eigenvalue weighted by atomic mass is 19.1. The molecule has 0 radical (unpaired) electrons. The minimum Gasteiger partial charge on any atom is -0.388 e. The van der Waals surface area contributed by atoms with Crippen molar-refractivity contribution in [3.8, 4) is 34.2 Å². The van der Waals surface area contributed by atoms with Crippen molar-refractivity contribution in [2.24, 2.45) is 17.8 Å². The molecule has 23 heteroatoms. The Hall–Kier alpha value is -7.70. The number of hydrogen-bond acceptors (Lipinski definition) is 17. The van der Waals surface area contributed by atoms with Crippen LogP contribution in [0.25, 0.3) is 67.3 Å². The summed E-state index contributed by atoms with van der Waals surface area (Å²) in [5.41, 5.74) is 3.12. The number of piperazine rings is 3. The summed E-state index contributed by atoms with van der Waals surface area (Å²) in [5.74, 6) is 2.56. The second-order valence-corrected chi connectivity index (χ2v) is 22.9. The Bertz CT molecular complexity index is 3700. The third-order valence-electron chi connectivity index (χ3n) is 17.6. The highest BCUT2D eigenvalue weighted by Gasteiger charge is 2.44. The van der Waals surface area contributed by atoms with Crippen LogP contribution in [0, 0.1) is 35.2 Å². The summed E-state index contributed by atoms with van der Waals surface area (Å²) in [7, 11) is 1.76. The first kappa shape index (κ1) is 57.1. The average Bonchev–Trinajstić information content (AvgIpc) is 2.41. The van der Waals surface area contributed by atoms with Gasteiger partial charge in [0.2, 0.25) is 0 Å². The standard InChI is InChI=1S/C21H27FN6O.C20H25FN6.C19H21FN6O.3H2/c1-13(2)21(3,29-4)16-12-28(11-10-23-16)17-8-7-15(22)19(25-17)18-14-6-5-9-24-20(14)27-26-18;1-12(2)13(3)16-11-27(10-9-22-16)17-7-6-15(21)19(24-17)18-14-5-4-8-23-20(14)26-25-18;20-13-4-5-15(26-10-9-21-14(11-26)19(27)6-2-7-19)23-17(13)16-12-3-1-8-22-18(12)25-24-16;;;/h5-9,13,16,23H,10-12H2,1-4H3,(H,24,26,27);4-8,12-13,16,22H,9-11H2,1-3H3,(H,23,25,26);1,3-5,8,14,21,27H,2,6-7,9-11H2,(H,22,24,25);3*1H. The maximum Gasteiger partial charge on any atom is 0.181 e. The number of nitrogens with one attached hydrogen (secondary N) is 6. The summed E-state index contributed by atoms with van der Waals surface area (Å²) in [5, 5.41) is 44.7. The van der Waals surface area contributed by atoms with E-state index in [1.807, 2.05) is 30.3 Å². The van der Waals surface area contributed by atoms with E-state index in [9.17, 15) is 18.3 Å². The maximum atomic E-state index is 14.7. The van der Waals surface area contributed by atoms with Crippen LogP contribution in [0.15, 0.2) is 91.4 Å². The average molecular weight is 1140 g/mol. The van der Waals surface area contributed by atoms with Crippen LogP contribution in [-0.4, -0.2) is 161 Å². The number of aliphatic hydroxyl groups is 1. The molecule has 1 aliphatic carbocycles. The fourth-order valence-electron chi connectivity index (χ4n) is 11.6. The van der Waals surface area contributed by atoms with Crippen molar-refractivity contribution in [1.82, 2.24) is 76.4 Å². The minimum absolute atomic E-state index is 0. The van der Waals surface area contributed by atoms with Crippen LogP contribution in [0.3, 0.4) is 0 Å². The van der Waals surface area contributed by atoms with E-state index in [2.05, 4.69) is 133 Å². The zero-order valence-corrected chi connectivity index (χ0v) is 48.0. The quantitative estimate of drug-likeness (QED) is 0.0605. The van der Waals surface area contributed by atoms with Crippen molar-refractivity contribution in [2.75, 3.05) is 80.7 Å². The van der Waals surface area contributed by atoms with Crippen LogP contribution in [0.2, 0.25) is 0 Å². The van der Waals surface area contributed by atoms with E-state index < -0.39 is 17.2 Å². The van der Waals surface area contributed by atoms with E-state index in [1.54, 1.807) is 50.0 Å². The van der Waals surface area contributed by atoms with Crippen molar-refractivity contribution < 1.29 is 27.3 Å². The summed E-state index contributed by atoms with van der Waals surface area (Å²) in [4.78, 5) is 33.0. The first-order chi connectivity index (χ1) is 40.1. The minimum atomic E-state index is -0.632. The number of anilines is 3. The molecule has 9 aromatic heterocycles. The van der Waals surface area contributed by atoms with Gasteiger partial charge in [-0.2, -0.15) is 15.3 Å². The van der Waals surface area contributed by atoms with Gasteiger partial charge in [0.15, 0.2) is 34.4 Å². The van der Waals surface area contributed by atoms with E-state index in [1.165, 1.54) is 18.2 Å². The Kier molecular flexibility index (Phi) is 16.7. The van der Waals surface area contributed by atoms with E-state index in [0.717, 1.165) is 99.4 Å². The molecule has 7 N–H and O–H groups in total. The number of aromatic nitrogens is 12. The summed E-state index contributed by atoms with van der Waals surface area (Å²) >= 11 is 0. The Morgan fingerprint density at radius 2 is 1.01 bits per heavy atom. The van der Waals surface area contributed by atoms with Crippen molar-refractivity contribution in [1.29, 1.82) is 0 Å². The Morgan fingerprint density at radius 1 is 0.590 bits per heavy atom. The molecule has 5 unspecified atom stereocenters. The number of methoxy groups -OCH3 is 1. The fraction of sp³-hybridized carbons (Fsp3) is 0.450. The molecule has 13 rings (SSSR count). The topological polar surface area (TPSA) is 239 Å². The summed E-state index contributed by atoms with van der Waals surface area (Å²) in [6, 6.07) is 21.1. The third-order valence-corrected chi connectivity index (χ3v) is 17.6. The predicted molar refractivity (Wildman–Crippen MR) is 323 cm³/mol. The van der Waals surface area contributed by atoms with Crippen LogP contribution < -0.4 is 30.7 Å². The number of rotatable bonds is 12. The van der Waals surface area contributed by atoms with Crippen molar-refractivity contribution in [3.63, 3.8) is 0 Å². The van der Waals surface area contributed by atoms with Gasteiger partial charge in [0, 0.05) is 111 Å². The highest BCUT2D eigenvalue weighted by molar-refractivity contribution is 5.91. The van der Waals surface area contributed by atoms with Gasteiger partial charge in [0.1, 0.15) is 34.5 Å². The van der Waals surface area contributed by atoms with Gasteiger partial charge in [-0.3, -0.25) is 15.3 Å². The molecule has 0 spiro atoms. The van der Waals surface area contributed by atoms with Crippen LogP contribution >= 0.6 is 0 Å². The largest absolute Gasteiger partial charge is 0.388 e. The molecular weight excluding hydrogens is 1060 g/mol. The van der Waals surface area contributed by atoms with Gasteiger partial charge in [0.05, 0.1) is 40.4 Å². The van der Waals surface area contributed by atoms with Crippen molar-refractivity contribution in [2.45, 2.75) is 90.1 Å². The van der Waals surface area contributed by atoms with Crippen LogP contribution in [0.5, 0.6) is 0 Å². The molecule has 3 aliphatic heterocycles. The molecule has 4 aliphatic rings. The molecular formula is C60H79F3N18O2. The first-order valence-corrected chi connectivity index (χ1v) is 28.7. The van der Waals surface area contributed by atoms with Gasteiger partial charge in [-0.05, 0) is 117 Å². The lowest BCUT2D eigenvalue weighted by molar-refractivity contribution is -0.0650. The molecule has 9 aromatic rings. The molecule has 1 saturated carbocycles.